The first kappa shape index (κ1) is 19.0. The van der Waals surface area contributed by atoms with Crippen LogP contribution < -0.4 is 4.74 Å². The lowest BCUT2D eigenvalue weighted by atomic mass is 10.0. The molecule has 0 aliphatic rings. The van der Waals surface area contributed by atoms with Crippen LogP contribution in [-0.2, 0) is 4.79 Å². The minimum Gasteiger partial charge on any atom is -0.481 e. The molecule has 2 aromatic rings. The largest absolute Gasteiger partial charge is 0.481 e. The van der Waals surface area contributed by atoms with E-state index in [1.165, 1.54) is 0 Å². The lowest BCUT2D eigenvalue weighted by molar-refractivity contribution is -0.141. The van der Waals surface area contributed by atoms with E-state index in [1.54, 1.807) is 11.9 Å². The molecule has 0 bridgehead atoms. The highest BCUT2D eigenvalue weighted by atomic mass is 16.5. The molecule has 0 aliphatic carbocycles. The Morgan fingerprint density at radius 2 is 1.72 bits per heavy atom. The number of carbonyl (C=O) groups excluding carboxylic acids is 1. The van der Waals surface area contributed by atoms with Crippen molar-refractivity contribution in [3.8, 4) is 5.75 Å². The molecule has 0 saturated carbocycles. The molecule has 134 valence electrons. The molecule has 0 fully saturated rings. The number of aryl methyl sites for hydroxylation is 1. The predicted molar refractivity (Wildman–Crippen MR) is 99.5 cm³/mol. The van der Waals surface area contributed by atoms with Gasteiger partial charge in [-0.1, -0.05) is 55.0 Å². The van der Waals surface area contributed by atoms with Crippen molar-refractivity contribution in [3.05, 3.63) is 65.7 Å². The number of carbonyl (C=O) groups is 1. The number of rotatable bonds is 7. The molecule has 0 aliphatic heterocycles. The van der Waals surface area contributed by atoms with E-state index in [2.05, 4.69) is 0 Å². The van der Waals surface area contributed by atoms with Gasteiger partial charge in [0.2, 0.25) is 0 Å². The summed E-state index contributed by atoms with van der Waals surface area (Å²) in [6.07, 6.45) is -0.754. The highest BCUT2D eigenvalue weighted by molar-refractivity contribution is 5.81. The van der Waals surface area contributed by atoms with Gasteiger partial charge in [-0.05, 0) is 38.0 Å². The summed E-state index contributed by atoms with van der Waals surface area (Å²) < 4.78 is 5.86. The molecule has 0 aromatic heterocycles. The summed E-state index contributed by atoms with van der Waals surface area (Å²) in [5.74, 6) is 0.543. The van der Waals surface area contributed by atoms with Gasteiger partial charge in [0, 0.05) is 7.05 Å². The summed E-state index contributed by atoms with van der Waals surface area (Å²) in [5, 5.41) is 10.5. The van der Waals surface area contributed by atoms with Crippen molar-refractivity contribution in [1.82, 2.24) is 4.90 Å². The van der Waals surface area contributed by atoms with Gasteiger partial charge in [-0.15, -0.1) is 0 Å². The smallest absolute Gasteiger partial charge is 0.263 e. The van der Waals surface area contributed by atoms with Crippen molar-refractivity contribution < 1.29 is 14.6 Å². The van der Waals surface area contributed by atoms with Crippen LogP contribution in [0, 0.1) is 6.92 Å². The van der Waals surface area contributed by atoms with Crippen molar-refractivity contribution in [2.45, 2.75) is 45.4 Å². The molecule has 1 N–H and O–H groups in total. The number of amides is 1. The number of nitrogens with zero attached hydrogens (tertiary/aromatic N) is 1. The summed E-state index contributed by atoms with van der Waals surface area (Å²) in [5.41, 5.74) is 1.94. The molecule has 25 heavy (non-hydrogen) atoms. The minimum absolute atomic E-state index is 0.134. The van der Waals surface area contributed by atoms with Crippen LogP contribution in [0.3, 0.4) is 0 Å². The van der Waals surface area contributed by atoms with Crippen LogP contribution in [0.1, 0.15) is 37.5 Å². The third kappa shape index (κ3) is 4.83. The highest BCUT2D eigenvalue weighted by Crippen LogP contribution is 2.22. The van der Waals surface area contributed by atoms with E-state index in [0.29, 0.717) is 12.2 Å². The number of likely N-dealkylation sites (N-methyl/N-ethyl adjacent to an activating group) is 1. The van der Waals surface area contributed by atoms with E-state index in [1.807, 2.05) is 75.4 Å². The van der Waals surface area contributed by atoms with Crippen LogP contribution in [0.2, 0.25) is 0 Å². The van der Waals surface area contributed by atoms with Gasteiger partial charge in [0.1, 0.15) is 5.75 Å². The maximum Gasteiger partial charge on any atom is 0.263 e. The minimum atomic E-state index is -0.743. The molecule has 4 heteroatoms. The van der Waals surface area contributed by atoms with Crippen molar-refractivity contribution in [3.63, 3.8) is 0 Å². The zero-order chi connectivity index (χ0) is 18.4. The van der Waals surface area contributed by atoms with Gasteiger partial charge >= 0.3 is 0 Å². The van der Waals surface area contributed by atoms with Gasteiger partial charge < -0.3 is 14.7 Å². The van der Waals surface area contributed by atoms with Crippen molar-refractivity contribution >= 4 is 5.91 Å². The van der Waals surface area contributed by atoms with Crippen LogP contribution >= 0.6 is 0 Å². The second-order valence-electron chi connectivity index (χ2n) is 6.37. The molecule has 3 atom stereocenters. The summed E-state index contributed by atoms with van der Waals surface area (Å²) >= 11 is 0. The fourth-order valence-corrected chi connectivity index (χ4v) is 2.66. The molecule has 3 unspecified atom stereocenters. The monoisotopic (exact) mass is 341 g/mol. The number of aliphatic hydroxyl groups is 1. The molecular formula is C21H27NO3. The third-order valence-electron chi connectivity index (χ3n) is 4.50. The molecule has 0 heterocycles. The van der Waals surface area contributed by atoms with Gasteiger partial charge in [0.25, 0.3) is 5.91 Å². The maximum atomic E-state index is 12.8. The van der Waals surface area contributed by atoms with Crippen molar-refractivity contribution in [1.29, 1.82) is 0 Å². The van der Waals surface area contributed by atoms with E-state index in [4.69, 9.17) is 4.74 Å². The highest BCUT2D eigenvalue weighted by Gasteiger charge is 2.29. The summed E-state index contributed by atoms with van der Waals surface area (Å²) in [6.45, 7) is 5.77. The Morgan fingerprint density at radius 1 is 1.12 bits per heavy atom. The van der Waals surface area contributed by atoms with Gasteiger partial charge in [0.05, 0.1) is 12.1 Å². The molecular weight excluding hydrogens is 314 g/mol. The lowest BCUT2D eigenvalue weighted by Crippen LogP contribution is -2.46. The van der Waals surface area contributed by atoms with E-state index in [0.717, 1.165) is 11.1 Å². The van der Waals surface area contributed by atoms with Crippen LogP contribution in [0.15, 0.2) is 54.6 Å². The van der Waals surface area contributed by atoms with Crippen molar-refractivity contribution in [2.24, 2.45) is 0 Å². The number of benzene rings is 2. The van der Waals surface area contributed by atoms with Gasteiger partial charge in [-0.3, -0.25) is 4.79 Å². The molecule has 0 saturated heterocycles. The average molecular weight is 341 g/mol. The standard InChI is InChI=1S/C21H27NO3/c1-5-19(25-18-13-11-15(2)12-14-18)21(24)22(4)16(3)20(23)17-9-7-6-8-10-17/h6-14,16,19-20,23H,5H2,1-4H3. The second-order valence-corrected chi connectivity index (χ2v) is 6.37. The third-order valence-corrected chi connectivity index (χ3v) is 4.50. The van der Waals surface area contributed by atoms with Crippen LogP contribution in [-0.4, -0.2) is 35.1 Å². The van der Waals surface area contributed by atoms with E-state index >= 15 is 0 Å². The topological polar surface area (TPSA) is 49.8 Å². The predicted octanol–water partition coefficient (Wildman–Crippen LogP) is 3.73. The Hall–Kier alpha value is -2.33. The average Bonchev–Trinajstić information content (AvgIpc) is 2.66. The van der Waals surface area contributed by atoms with E-state index in [9.17, 15) is 9.90 Å². The lowest BCUT2D eigenvalue weighted by Gasteiger charge is -2.32. The Kier molecular flexibility index (Phi) is 6.59. The van der Waals surface area contributed by atoms with E-state index < -0.39 is 12.2 Å². The first-order valence-electron chi connectivity index (χ1n) is 8.67. The quantitative estimate of drug-likeness (QED) is 0.835. The number of aliphatic hydroxyl groups excluding tert-OH is 1. The number of ether oxygens (including phenoxy) is 1. The summed E-state index contributed by atoms with van der Waals surface area (Å²) in [6, 6.07) is 16.7. The molecule has 2 rings (SSSR count). The number of hydrogen-bond acceptors (Lipinski definition) is 3. The Morgan fingerprint density at radius 3 is 2.28 bits per heavy atom. The Balaban J connectivity index is 2.06. The van der Waals surface area contributed by atoms with Crippen LogP contribution in [0.4, 0.5) is 0 Å². The van der Waals surface area contributed by atoms with E-state index in [-0.39, 0.29) is 11.9 Å². The molecule has 1 amide bonds. The summed E-state index contributed by atoms with van der Waals surface area (Å²) in [4.78, 5) is 14.4. The van der Waals surface area contributed by atoms with Gasteiger partial charge in [-0.2, -0.15) is 0 Å². The first-order chi connectivity index (χ1) is 11.9. The van der Waals surface area contributed by atoms with Gasteiger partial charge in [0.15, 0.2) is 6.10 Å². The fraction of sp³-hybridized carbons (Fsp3) is 0.381. The molecule has 0 spiro atoms. The number of hydrogen-bond donors (Lipinski definition) is 1. The second kappa shape index (κ2) is 8.67. The zero-order valence-electron chi connectivity index (χ0n) is 15.3. The Labute approximate surface area is 150 Å². The first-order valence-corrected chi connectivity index (χ1v) is 8.67. The molecule has 2 aromatic carbocycles. The SMILES string of the molecule is CCC(Oc1ccc(C)cc1)C(=O)N(C)C(C)C(O)c1ccccc1. The van der Waals surface area contributed by atoms with Crippen LogP contribution in [0.25, 0.3) is 0 Å². The maximum absolute atomic E-state index is 12.8. The van der Waals surface area contributed by atoms with Gasteiger partial charge in [-0.25, -0.2) is 0 Å². The van der Waals surface area contributed by atoms with Crippen LogP contribution in [0.5, 0.6) is 5.75 Å². The van der Waals surface area contributed by atoms with Crippen molar-refractivity contribution in [2.75, 3.05) is 7.05 Å². The Bertz CT molecular complexity index is 669. The molecule has 4 nitrogen and oxygen atoms in total. The zero-order valence-corrected chi connectivity index (χ0v) is 15.3. The fourth-order valence-electron chi connectivity index (χ4n) is 2.66. The molecule has 0 radical (unpaired) electrons. The summed E-state index contributed by atoms with van der Waals surface area (Å²) in [7, 11) is 1.71. The normalized spacial score (nSPS) is 14.4.